The Balaban J connectivity index is 2.72. The van der Waals surface area contributed by atoms with Gasteiger partial charge >= 0.3 is 5.97 Å². The van der Waals surface area contributed by atoms with Gasteiger partial charge in [-0.1, -0.05) is 19.8 Å². The summed E-state index contributed by atoms with van der Waals surface area (Å²) in [6.45, 7) is 3.61. The number of hydrogen-bond acceptors (Lipinski definition) is 2. The van der Waals surface area contributed by atoms with E-state index < -0.39 is 11.4 Å². The molecule has 1 fully saturated rings. The van der Waals surface area contributed by atoms with Crippen LogP contribution in [0.15, 0.2) is 6.07 Å². The highest BCUT2D eigenvalue weighted by atomic mass is 19.1. The quantitative estimate of drug-likeness (QED) is 0.916. The molecule has 1 aliphatic rings. The molecule has 0 spiro atoms. The van der Waals surface area contributed by atoms with Crippen molar-refractivity contribution in [2.45, 2.75) is 51.4 Å². The molecule has 0 atom stereocenters. The van der Waals surface area contributed by atoms with E-state index in [0.29, 0.717) is 36.1 Å². The monoisotopic (exact) mass is 280 g/mol. The van der Waals surface area contributed by atoms with Crippen molar-refractivity contribution >= 4 is 5.97 Å². The minimum absolute atomic E-state index is 0.387. The summed E-state index contributed by atoms with van der Waals surface area (Å²) < 4.78 is 19.5. The molecule has 2 rings (SSSR count). The summed E-state index contributed by atoms with van der Waals surface area (Å²) in [7, 11) is 1.51. The zero-order chi connectivity index (χ0) is 14.9. The molecule has 0 heterocycles. The molecule has 0 saturated heterocycles. The van der Waals surface area contributed by atoms with Crippen LogP contribution in [0.4, 0.5) is 4.39 Å². The Bertz CT molecular complexity index is 531. The second-order valence-electron chi connectivity index (χ2n) is 5.49. The van der Waals surface area contributed by atoms with Gasteiger partial charge in [0.1, 0.15) is 11.6 Å². The van der Waals surface area contributed by atoms with Crippen molar-refractivity contribution in [2.75, 3.05) is 7.11 Å². The first-order valence-corrected chi connectivity index (χ1v) is 7.07. The molecule has 1 aromatic rings. The minimum Gasteiger partial charge on any atom is -0.496 e. The van der Waals surface area contributed by atoms with Crippen LogP contribution in [0.1, 0.15) is 49.3 Å². The molecule has 3 nitrogen and oxygen atoms in total. The topological polar surface area (TPSA) is 46.5 Å². The van der Waals surface area contributed by atoms with Gasteiger partial charge in [-0.15, -0.1) is 0 Å². The normalized spacial score (nSPS) is 17.2. The van der Waals surface area contributed by atoms with E-state index in [9.17, 15) is 14.3 Å². The molecule has 0 unspecified atom stereocenters. The Labute approximate surface area is 118 Å². The number of carbonyl (C=O) groups is 1. The van der Waals surface area contributed by atoms with Crippen LogP contribution in [0, 0.1) is 12.7 Å². The summed E-state index contributed by atoms with van der Waals surface area (Å²) in [5, 5.41) is 9.70. The maximum Gasteiger partial charge on any atom is 0.314 e. The molecule has 1 aromatic carbocycles. The van der Waals surface area contributed by atoms with Gasteiger partial charge in [-0.25, -0.2) is 4.39 Å². The van der Waals surface area contributed by atoms with Crippen LogP contribution in [0.3, 0.4) is 0 Å². The Morgan fingerprint density at radius 1 is 1.45 bits per heavy atom. The molecule has 110 valence electrons. The van der Waals surface area contributed by atoms with Crippen LogP contribution in [-0.4, -0.2) is 18.2 Å². The fourth-order valence-corrected chi connectivity index (χ4v) is 3.41. The van der Waals surface area contributed by atoms with Gasteiger partial charge in [0.05, 0.1) is 12.5 Å². The standard InChI is InChI=1S/C16H21FO3/c1-4-11-12(9-13(17)10(2)14(11)20-3)16(15(18)19)7-5-6-8-16/h9H,4-8H2,1-3H3,(H,18,19). The molecular formula is C16H21FO3. The van der Waals surface area contributed by atoms with Crippen molar-refractivity contribution in [3.63, 3.8) is 0 Å². The van der Waals surface area contributed by atoms with Crippen LogP contribution in [-0.2, 0) is 16.6 Å². The van der Waals surface area contributed by atoms with E-state index in [1.165, 1.54) is 13.2 Å². The van der Waals surface area contributed by atoms with Crippen LogP contribution >= 0.6 is 0 Å². The maximum absolute atomic E-state index is 14.2. The molecule has 0 aromatic heterocycles. The highest BCUT2D eigenvalue weighted by Crippen LogP contribution is 2.46. The summed E-state index contributed by atoms with van der Waals surface area (Å²) in [4.78, 5) is 11.8. The summed E-state index contributed by atoms with van der Waals surface area (Å²) in [5.41, 5.74) is 0.931. The number of carboxylic acids is 1. The number of carboxylic acid groups (broad SMARTS) is 1. The van der Waals surface area contributed by atoms with Gasteiger partial charge in [0.25, 0.3) is 0 Å². The zero-order valence-electron chi connectivity index (χ0n) is 12.3. The largest absolute Gasteiger partial charge is 0.496 e. The molecular weight excluding hydrogens is 259 g/mol. The summed E-state index contributed by atoms with van der Waals surface area (Å²) in [6, 6.07) is 1.41. The van der Waals surface area contributed by atoms with Gasteiger partial charge in [0.15, 0.2) is 0 Å². The third-order valence-corrected chi connectivity index (χ3v) is 4.51. The number of methoxy groups -OCH3 is 1. The number of hydrogen-bond donors (Lipinski definition) is 1. The zero-order valence-corrected chi connectivity index (χ0v) is 12.3. The molecule has 4 heteroatoms. The SMILES string of the molecule is CCc1c(C2(C(=O)O)CCCC2)cc(F)c(C)c1OC. The Kier molecular flexibility index (Phi) is 4.02. The lowest BCUT2D eigenvalue weighted by atomic mass is 9.75. The number of aliphatic carboxylic acids is 1. The summed E-state index contributed by atoms with van der Waals surface area (Å²) in [6.07, 6.45) is 3.51. The van der Waals surface area contributed by atoms with E-state index in [4.69, 9.17) is 4.74 Å². The minimum atomic E-state index is -0.951. The Hall–Kier alpha value is -1.58. The molecule has 1 N–H and O–H groups in total. The summed E-state index contributed by atoms with van der Waals surface area (Å²) in [5.74, 6) is -0.744. The molecule has 1 aliphatic carbocycles. The molecule has 0 amide bonds. The molecule has 0 bridgehead atoms. The lowest BCUT2D eigenvalue weighted by Gasteiger charge is -2.28. The van der Waals surface area contributed by atoms with Crippen molar-refractivity contribution in [3.8, 4) is 5.75 Å². The fraction of sp³-hybridized carbons (Fsp3) is 0.562. The fourth-order valence-electron chi connectivity index (χ4n) is 3.41. The Morgan fingerprint density at radius 3 is 2.50 bits per heavy atom. The third-order valence-electron chi connectivity index (χ3n) is 4.51. The van der Waals surface area contributed by atoms with Crippen LogP contribution < -0.4 is 4.74 Å². The second-order valence-corrected chi connectivity index (χ2v) is 5.49. The maximum atomic E-state index is 14.2. The number of halogens is 1. The van der Waals surface area contributed by atoms with Crippen molar-refractivity contribution in [1.82, 2.24) is 0 Å². The van der Waals surface area contributed by atoms with Crippen molar-refractivity contribution in [3.05, 3.63) is 28.6 Å². The average Bonchev–Trinajstić information content (AvgIpc) is 2.91. The lowest BCUT2D eigenvalue weighted by molar-refractivity contribution is -0.143. The van der Waals surface area contributed by atoms with Gasteiger partial charge in [-0.2, -0.15) is 0 Å². The predicted molar refractivity (Wildman–Crippen MR) is 74.8 cm³/mol. The molecule has 0 radical (unpaired) electrons. The average molecular weight is 280 g/mol. The van der Waals surface area contributed by atoms with Crippen molar-refractivity contribution in [1.29, 1.82) is 0 Å². The van der Waals surface area contributed by atoms with Gasteiger partial charge < -0.3 is 9.84 Å². The van der Waals surface area contributed by atoms with Gasteiger partial charge in [-0.3, -0.25) is 4.79 Å². The molecule has 20 heavy (non-hydrogen) atoms. The molecule has 0 aliphatic heterocycles. The Morgan fingerprint density at radius 2 is 2.05 bits per heavy atom. The number of benzene rings is 1. The predicted octanol–water partition coefficient (Wildman–Crippen LogP) is 3.60. The van der Waals surface area contributed by atoms with E-state index in [1.54, 1.807) is 6.92 Å². The second kappa shape index (κ2) is 5.43. The van der Waals surface area contributed by atoms with Crippen molar-refractivity contribution < 1.29 is 19.0 Å². The lowest BCUT2D eigenvalue weighted by Crippen LogP contribution is -2.34. The first-order chi connectivity index (χ1) is 9.47. The van der Waals surface area contributed by atoms with Crippen molar-refractivity contribution in [2.24, 2.45) is 0 Å². The smallest absolute Gasteiger partial charge is 0.314 e. The van der Waals surface area contributed by atoms with Crippen LogP contribution in [0.25, 0.3) is 0 Å². The van der Waals surface area contributed by atoms with E-state index in [2.05, 4.69) is 0 Å². The van der Waals surface area contributed by atoms with E-state index in [1.807, 2.05) is 6.92 Å². The van der Waals surface area contributed by atoms with E-state index >= 15 is 0 Å². The summed E-state index contributed by atoms with van der Waals surface area (Å²) >= 11 is 0. The van der Waals surface area contributed by atoms with Crippen LogP contribution in [0.2, 0.25) is 0 Å². The third kappa shape index (κ3) is 2.07. The first kappa shape index (κ1) is 14.8. The first-order valence-electron chi connectivity index (χ1n) is 7.07. The number of ether oxygens (including phenoxy) is 1. The van der Waals surface area contributed by atoms with Gasteiger partial charge in [0.2, 0.25) is 0 Å². The van der Waals surface area contributed by atoms with Gasteiger partial charge in [-0.05, 0) is 43.4 Å². The van der Waals surface area contributed by atoms with E-state index in [0.717, 1.165) is 18.4 Å². The highest BCUT2D eigenvalue weighted by Gasteiger charge is 2.45. The van der Waals surface area contributed by atoms with E-state index in [-0.39, 0.29) is 5.82 Å². The van der Waals surface area contributed by atoms with Crippen LogP contribution in [0.5, 0.6) is 5.75 Å². The molecule has 1 saturated carbocycles. The van der Waals surface area contributed by atoms with Gasteiger partial charge in [0, 0.05) is 5.56 Å². The number of rotatable bonds is 4. The highest BCUT2D eigenvalue weighted by molar-refractivity contribution is 5.83.